The van der Waals surface area contributed by atoms with E-state index in [1.165, 1.54) is 21.9 Å². The fourth-order valence-electron chi connectivity index (χ4n) is 4.26. The summed E-state index contributed by atoms with van der Waals surface area (Å²) >= 11 is 0. The predicted molar refractivity (Wildman–Crippen MR) is 124 cm³/mol. The van der Waals surface area contributed by atoms with Crippen molar-refractivity contribution in [1.29, 1.82) is 0 Å². The third-order valence-electron chi connectivity index (χ3n) is 5.89. The van der Waals surface area contributed by atoms with Gasteiger partial charge in [0.25, 0.3) is 0 Å². The number of hydrogen-bond acceptors (Lipinski definition) is 5. The molecule has 4 rings (SSSR count). The van der Waals surface area contributed by atoms with Crippen LogP contribution < -0.4 is 9.64 Å². The molecule has 156 valence electrons. The molecule has 5 heteroatoms. The number of rotatable bonds is 8. The van der Waals surface area contributed by atoms with Gasteiger partial charge in [0.05, 0.1) is 13.3 Å². The summed E-state index contributed by atoms with van der Waals surface area (Å²) < 4.78 is 5.42. The minimum absolute atomic E-state index is 0.736. The number of nitrogens with zero attached hydrogens (tertiary/aromatic N) is 4. The second-order valence-electron chi connectivity index (χ2n) is 7.65. The van der Waals surface area contributed by atoms with Crippen molar-refractivity contribution >= 4 is 22.2 Å². The minimum Gasteiger partial charge on any atom is -0.491 e. The molecule has 30 heavy (non-hydrogen) atoms. The summed E-state index contributed by atoms with van der Waals surface area (Å²) in [5.74, 6) is 1.62. The first kappa shape index (κ1) is 20.4. The van der Waals surface area contributed by atoms with Crippen molar-refractivity contribution in [2.24, 2.45) is 0 Å². The number of ether oxygens (including phenoxy) is 1. The molecule has 0 saturated heterocycles. The van der Waals surface area contributed by atoms with Crippen LogP contribution in [-0.4, -0.2) is 54.7 Å². The Hall–Kier alpha value is -2.92. The van der Waals surface area contributed by atoms with Gasteiger partial charge in [-0.25, -0.2) is 9.97 Å². The Morgan fingerprint density at radius 2 is 2.00 bits per heavy atom. The molecule has 0 radical (unpaired) electrons. The van der Waals surface area contributed by atoms with E-state index in [1.807, 2.05) is 0 Å². The van der Waals surface area contributed by atoms with Crippen LogP contribution in [0.1, 0.15) is 25.3 Å². The van der Waals surface area contributed by atoms with Crippen molar-refractivity contribution in [2.45, 2.75) is 19.8 Å². The number of benzene rings is 2. The summed E-state index contributed by atoms with van der Waals surface area (Å²) in [6.07, 6.45) is 7.93. The van der Waals surface area contributed by atoms with Crippen LogP contribution in [0.15, 0.2) is 61.1 Å². The Balaban J connectivity index is 1.35. The highest BCUT2D eigenvalue weighted by Gasteiger charge is 2.16. The molecule has 5 nitrogen and oxygen atoms in total. The van der Waals surface area contributed by atoms with E-state index >= 15 is 0 Å². The maximum absolute atomic E-state index is 5.42. The lowest BCUT2D eigenvalue weighted by Crippen LogP contribution is -2.33. The first-order valence-electron chi connectivity index (χ1n) is 10.8. The van der Waals surface area contributed by atoms with Crippen LogP contribution in [0.4, 0.5) is 5.82 Å². The number of methoxy groups -OCH3 is 1. The highest BCUT2D eigenvalue weighted by atomic mass is 16.5. The fraction of sp³-hybridized carbons (Fsp3) is 0.360. The Kier molecular flexibility index (Phi) is 6.60. The highest BCUT2D eigenvalue weighted by Crippen LogP contribution is 2.29. The maximum Gasteiger partial charge on any atom is 0.179 e. The topological polar surface area (TPSA) is 41.5 Å². The number of fused-ring (bicyclic) bond motifs is 1. The van der Waals surface area contributed by atoms with Gasteiger partial charge in [-0.3, -0.25) is 4.90 Å². The van der Waals surface area contributed by atoms with E-state index in [0.717, 1.165) is 57.1 Å². The molecule has 0 spiro atoms. The molecule has 0 bridgehead atoms. The molecule has 3 aromatic rings. The molecule has 2 heterocycles. The second kappa shape index (κ2) is 9.72. The van der Waals surface area contributed by atoms with E-state index < -0.39 is 0 Å². The molecule has 0 fully saturated rings. The smallest absolute Gasteiger partial charge is 0.179 e. The van der Waals surface area contributed by atoms with Gasteiger partial charge in [0.15, 0.2) is 11.6 Å². The quantitative estimate of drug-likeness (QED) is 0.549. The Morgan fingerprint density at radius 1 is 1.13 bits per heavy atom. The SMILES string of the molecule is CCN(CCCN1CC=C(c2cccc3ccccc23)CC1)c1ncncc1OC. The van der Waals surface area contributed by atoms with Crippen LogP contribution in [0.2, 0.25) is 0 Å². The molecule has 1 aromatic heterocycles. The lowest BCUT2D eigenvalue weighted by Gasteiger charge is -2.29. The van der Waals surface area contributed by atoms with Gasteiger partial charge in [0.1, 0.15) is 6.33 Å². The van der Waals surface area contributed by atoms with Gasteiger partial charge in [-0.2, -0.15) is 0 Å². The van der Waals surface area contributed by atoms with Crippen molar-refractivity contribution in [3.05, 3.63) is 66.6 Å². The monoisotopic (exact) mass is 402 g/mol. The van der Waals surface area contributed by atoms with Gasteiger partial charge in [-0.1, -0.05) is 48.5 Å². The summed E-state index contributed by atoms with van der Waals surface area (Å²) in [4.78, 5) is 13.3. The van der Waals surface area contributed by atoms with Crippen LogP contribution in [0, 0.1) is 0 Å². The number of hydrogen-bond donors (Lipinski definition) is 0. The fourth-order valence-corrected chi connectivity index (χ4v) is 4.26. The number of anilines is 1. The third-order valence-corrected chi connectivity index (χ3v) is 5.89. The van der Waals surface area contributed by atoms with Crippen molar-refractivity contribution in [2.75, 3.05) is 44.7 Å². The van der Waals surface area contributed by atoms with Gasteiger partial charge in [0, 0.05) is 32.7 Å². The van der Waals surface area contributed by atoms with Crippen LogP contribution in [0.25, 0.3) is 16.3 Å². The molecule has 2 aromatic carbocycles. The van der Waals surface area contributed by atoms with Crippen molar-refractivity contribution < 1.29 is 4.74 Å². The zero-order valence-corrected chi connectivity index (χ0v) is 17.9. The predicted octanol–water partition coefficient (Wildman–Crippen LogP) is 4.64. The summed E-state index contributed by atoms with van der Waals surface area (Å²) in [6, 6.07) is 15.3. The first-order chi connectivity index (χ1) is 14.8. The molecule has 0 unspecified atom stereocenters. The normalized spacial score (nSPS) is 14.5. The largest absolute Gasteiger partial charge is 0.491 e. The Bertz CT molecular complexity index is 1010. The summed E-state index contributed by atoms with van der Waals surface area (Å²) in [7, 11) is 1.67. The summed E-state index contributed by atoms with van der Waals surface area (Å²) in [6.45, 7) is 7.23. The van der Waals surface area contributed by atoms with E-state index in [4.69, 9.17) is 4.74 Å². The Morgan fingerprint density at radius 3 is 2.80 bits per heavy atom. The van der Waals surface area contributed by atoms with Crippen molar-refractivity contribution in [3.63, 3.8) is 0 Å². The molecule has 1 aliphatic heterocycles. The van der Waals surface area contributed by atoms with Gasteiger partial charge in [0.2, 0.25) is 0 Å². The van der Waals surface area contributed by atoms with Gasteiger partial charge in [-0.15, -0.1) is 0 Å². The molecule has 0 atom stereocenters. The van der Waals surface area contributed by atoms with Crippen LogP contribution in [-0.2, 0) is 0 Å². The molecular formula is C25H30N4O. The average Bonchev–Trinajstić information content (AvgIpc) is 2.82. The lowest BCUT2D eigenvalue weighted by atomic mass is 9.94. The average molecular weight is 403 g/mol. The molecule has 0 saturated carbocycles. The zero-order valence-electron chi connectivity index (χ0n) is 17.9. The lowest BCUT2D eigenvalue weighted by molar-refractivity contribution is 0.298. The van der Waals surface area contributed by atoms with Crippen LogP contribution >= 0.6 is 0 Å². The zero-order chi connectivity index (χ0) is 20.8. The second-order valence-corrected chi connectivity index (χ2v) is 7.65. The minimum atomic E-state index is 0.736. The molecule has 0 N–H and O–H groups in total. The Labute approximate surface area is 179 Å². The summed E-state index contributed by atoms with van der Waals surface area (Å²) in [5.41, 5.74) is 2.87. The molecule has 0 aliphatic carbocycles. The number of aromatic nitrogens is 2. The molecular weight excluding hydrogens is 372 g/mol. The van der Waals surface area contributed by atoms with E-state index in [1.54, 1.807) is 19.6 Å². The van der Waals surface area contributed by atoms with Gasteiger partial charge >= 0.3 is 0 Å². The third kappa shape index (κ3) is 4.46. The maximum atomic E-state index is 5.42. The van der Waals surface area contributed by atoms with Crippen molar-refractivity contribution in [3.8, 4) is 5.75 Å². The first-order valence-corrected chi connectivity index (χ1v) is 10.8. The van der Waals surface area contributed by atoms with Gasteiger partial charge in [-0.05, 0) is 41.7 Å². The van der Waals surface area contributed by atoms with E-state index in [9.17, 15) is 0 Å². The summed E-state index contributed by atoms with van der Waals surface area (Å²) in [5, 5.41) is 2.68. The molecule has 0 amide bonds. The standard InChI is InChI=1S/C25H30N4O/c1-3-29(25-24(30-2)18-26-19-27-25)15-7-14-28-16-12-21(13-17-28)23-11-6-9-20-8-4-5-10-22(20)23/h4-6,8-12,18-19H,3,7,13-17H2,1-2H3. The highest BCUT2D eigenvalue weighted by molar-refractivity contribution is 5.94. The van der Waals surface area contributed by atoms with Gasteiger partial charge < -0.3 is 9.64 Å². The molecule has 1 aliphatic rings. The van der Waals surface area contributed by atoms with E-state index in [2.05, 4.69) is 75.2 Å². The van der Waals surface area contributed by atoms with Crippen LogP contribution in [0.5, 0.6) is 5.75 Å². The van der Waals surface area contributed by atoms with E-state index in [-0.39, 0.29) is 0 Å². The van der Waals surface area contributed by atoms with E-state index in [0.29, 0.717) is 0 Å². The van der Waals surface area contributed by atoms with Crippen molar-refractivity contribution in [1.82, 2.24) is 14.9 Å². The van der Waals surface area contributed by atoms with Crippen LogP contribution in [0.3, 0.4) is 0 Å².